The van der Waals surface area contributed by atoms with Crippen LogP contribution in [0, 0.1) is 0 Å². The molecule has 5 heteroatoms. The molecule has 0 aliphatic heterocycles. The van der Waals surface area contributed by atoms with Crippen LogP contribution in [0.1, 0.15) is 30.5 Å². The van der Waals surface area contributed by atoms with Crippen molar-refractivity contribution in [3.63, 3.8) is 0 Å². The summed E-state index contributed by atoms with van der Waals surface area (Å²) in [6.45, 7) is 5.09. The first kappa shape index (κ1) is 14.8. The first-order valence-electron chi connectivity index (χ1n) is 7.39. The Morgan fingerprint density at radius 1 is 1.27 bits per heavy atom. The smallest absolute Gasteiger partial charge is 0.240 e. The molecule has 0 spiro atoms. The fourth-order valence-corrected chi connectivity index (χ4v) is 3.14. The van der Waals surface area contributed by atoms with E-state index < -0.39 is 0 Å². The van der Waals surface area contributed by atoms with Gasteiger partial charge in [-0.2, -0.15) is 0 Å². The number of nitrogens with zero attached hydrogens (tertiary/aromatic N) is 2. The maximum Gasteiger partial charge on any atom is 0.240 e. The Morgan fingerprint density at radius 3 is 2.82 bits per heavy atom. The van der Waals surface area contributed by atoms with Gasteiger partial charge in [0.2, 0.25) is 5.91 Å². The van der Waals surface area contributed by atoms with Gasteiger partial charge in [-0.15, -0.1) is 11.3 Å². The van der Waals surface area contributed by atoms with Gasteiger partial charge in [0.25, 0.3) is 0 Å². The number of carbonyl (C=O) groups excluding carboxylic acids is 1. The molecule has 0 saturated heterocycles. The fraction of sp³-hybridized carbons (Fsp3) is 0.294. The van der Waals surface area contributed by atoms with Gasteiger partial charge in [-0.25, -0.2) is 4.98 Å². The molecule has 3 rings (SSSR count). The van der Waals surface area contributed by atoms with E-state index >= 15 is 0 Å². The molecular formula is C17H19N3OS. The lowest BCUT2D eigenvalue weighted by Gasteiger charge is -2.11. The largest absolute Gasteiger partial charge is 0.350 e. The summed E-state index contributed by atoms with van der Waals surface area (Å²) in [7, 11) is 0. The molecule has 0 fully saturated rings. The monoisotopic (exact) mass is 313 g/mol. The Hall–Kier alpha value is -2.14. The lowest BCUT2D eigenvalue weighted by molar-refractivity contribution is -0.121. The van der Waals surface area contributed by atoms with Gasteiger partial charge in [-0.05, 0) is 23.6 Å². The molecule has 2 heterocycles. The third-order valence-electron chi connectivity index (χ3n) is 3.54. The summed E-state index contributed by atoms with van der Waals surface area (Å²) < 4.78 is 2.02. The van der Waals surface area contributed by atoms with E-state index in [-0.39, 0.29) is 11.8 Å². The van der Waals surface area contributed by atoms with Crippen LogP contribution < -0.4 is 5.32 Å². The van der Waals surface area contributed by atoms with E-state index in [1.165, 1.54) is 0 Å². The second kappa shape index (κ2) is 6.32. The van der Waals surface area contributed by atoms with Crippen molar-refractivity contribution in [2.45, 2.75) is 32.9 Å². The number of rotatable bonds is 5. The van der Waals surface area contributed by atoms with Crippen molar-refractivity contribution in [2.24, 2.45) is 0 Å². The molecule has 22 heavy (non-hydrogen) atoms. The Balaban J connectivity index is 1.80. The van der Waals surface area contributed by atoms with E-state index in [0.717, 1.165) is 21.7 Å². The summed E-state index contributed by atoms with van der Waals surface area (Å²) >= 11 is 1.65. The number of nitrogens with one attached hydrogen (secondary N) is 1. The lowest BCUT2D eigenvalue weighted by Crippen LogP contribution is -2.27. The van der Waals surface area contributed by atoms with Crippen LogP contribution in [0.4, 0.5) is 0 Å². The van der Waals surface area contributed by atoms with E-state index in [2.05, 4.69) is 24.1 Å². The molecule has 3 aromatic rings. The summed E-state index contributed by atoms with van der Waals surface area (Å²) in [6.07, 6.45) is 0. The zero-order valence-electron chi connectivity index (χ0n) is 12.7. The SMILES string of the molecule is CC(C)c1nc2ccccc2n1CC(=O)NCc1cccs1. The third-order valence-corrected chi connectivity index (χ3v) is 4.42. The molecule has 1 amide bonds. The van der Waals surface area contributed by atoms with Crippen molar-refractivity contribution in [3.8, 4) is 0 Å². The van der Waals surface area contributed by atoms with Crippen LogP contribution in [-0.4, -0.2) is 15.5 Å². The lowest BCUT2D eigenvalue weighted by atomic mass is 10.2. The van der Waals surface area contributed by atoms with E-state index in [0.29, 0.717) is 13.1 Å². The minimum Gasteiger partial charge on any atom is -0.350 e. The molecule has 0 aliphatic carbocycles. The number of imidazole rings is 1. The van der Waals surface area contributed by atoms with Crippen molar-refractivity contribution in [3.05, 3.63) is 52.5 Å². The predicted octanol–water partition coefficient (Wildman–Crippen LogP) is 3.54. The summed E-state index contributed by atoms with van der Waals surface area (Å²) in [5.41, 5.74) is 1.95. The number of carbonyl (C=O) groups is 1. The molecular weight excluding hydrogens is 294 g/mol. The second-order valence-corrected chi connectivity index (χ2v) is 6.59. The molecule has 0 unspecified atom stereocenters. The van der Waals surface area contributed by atoms with Gasteiger partial charge in [0.1, 0.15) is 12.4 Å². The average molecular weight is 313 g/mol. The van der Waals surface area contributed by atoms with Gasteiger partial charge < -0.3 is 9.88 Å². The van der Waals surface area contributed by atoms with Crippen LogP contribution in [0.25, 0.3) is 11.0 Å². The van der Waals surface area contributed by atoms with Crippen LogP contribution in [0.15, 0.2) is 41.8 Å². The van der Waals surface area contributed by atoms with Gasteiger partial charge in [0, 0.05) is 10.8 Å². The average Bonchev–Trinajstić information content (AvgIpc) is 3.13. The van der Waals surface area contributed by atoms with E-state index in [4.69, 9.17) is 0 Å². The summed E-state index contributed by atoms with van der Waals surface area (Å²) in [5.74, 6) is 1.24. The Morgan fingerprint density at radius 2 is 2.09 bits per heavy atom. The van der Waals surface area contributed by atoms with Crippen molar-refractivity contribution < 1.29 is 4.79 Å². The second-order valence-electron chi connectivity index (χ2n) is 5.56. The third kappa shape index (κ3) is 3.04. The van der Waals surface area contributed by atoms with Crippen molar-refractivity contribution in [1.82, 2.24) is 14.9 Å². The maximum absolute atomic E-state index is 12.3. The predicted molar refractivity (Wildman–Crippen MR) is 90.0 cm³/mol. The minimum absolute atomic E-state index is 0.0125. The van der Waals surface area contributed by atoms with E-state index in [1.807, 2.05) is 46.3 Å². The van der Waals surface area contributed by atoms with Gasteiger partial charge in [-0.3, -0.25) is 4.79 Å². The van der Waals surface area contributed by atoms with Crippen LogP contribution in [0.2, 0.25) is 0 Å². The van der Waals surface area contributed by atoms with Gasteiger partial charge in [0.05, 0.1) is 17.6 Å². The standard InChI is InChI=1S/C17H19N3OS/c1-12(2)17-19-14-7-3-4-8-15(14)20(17)11-16(21)18-10-13-6-5-9-22-13/h3-9,12H,10-11H2,1-2H3,(H,18,21). The number of amides is 1. The molecule has 1 aromatic carbocycles. The van der Waals surface area contributed by atoms with Crippen LogP contribution in [-0.2, 0) is 17.9 Å². The number of benzene rings is 1. The molecule has 0 atom stereocenters. The zero-order chi connectivity index (χ0) is 15.5. The van der Waals surface area contributed by atoms with E-state index in [1.54, 1.807) is 11.3 Å². The number of aromatic nitrogens is 2. The molecule has 114 valence electrons. The highest BCUT2D eigenvalue weighted by molar-refractivity contribution is 7.09. The first-order valence-corrected chi connectivity index (χ1v) is 8.27. The summed E-state index contributed by atoms with van der Waals surface area (Å²) in [6, 6.07) is 12.0. The molecule has 1 N–H and O–H groups in total. The quantitative estimate of drug-likeness (QED) is 0.783. The molecule has 0 saturated carbocycles. The van der Waals surface area contributed by atoms with Gasteiger partial charge >= 0.3 is 0 Å². The fourth-order valence-electron chi connectivity index (χ4n) is 2.50. The topological polar surface area (TPSA) is 46.9 Å². The zero-order valence-corrected chi connectivity index (χ0v) is 13.6. The highest BCUT2D eigenvalue weighted by Crippen LogP contribution is 2.21. The number of hydrogen-bond donors (Lipinski definition) is 1. The first-order chi connectivity index (χ1) is 10.6. The molecule has 2 aromatic heterocycles. The number of para-hydroxylation sites is 2. The highest BCUT2D eigenvalue weighted by Gasteiger charge is 2.15. The van der Waals surface area contributed by atoms with Crippen molar-refractivity contribution >= 4 is 28.3 Å². The minimum atomic E-state index is 0.0125. The number of hydrogen-bond acceptors (Lipinski definition) is 3. The molecule has 4 nitrogen and oxygen atoms in total. The summed E-state index contributed by atoms with van der Waals surface area (Å²) in [5, 5.41) is 4.99. The van der Waals surface area contributed by atoms with Crippen molar-refractivity contribution in [2.75, 3.05) is 0 Å². The summed E-state index contributed by atoms with van der Waals surface area (Å²) in [4.78, 5) is 18.1. The molecule has 0 aliphatic rings. The highest BCUT2D eigenvalue weighted by atomic mass is 32.1. The van der Waals surface area contributed by atoms with E-state index in [9.17, 15) is 4.79 Å². The van der Waals surface area contributed by atoms with Gasteiger partial charge in [-0.1, -0.05) is 32.0 Å². The number of fused-ring (bicyclic) bond motifs is 1. The van der Waals surface area contributed by atoms with Crippen LogP contribution in [0.3, 0.4) is 0 Å². The maximum atomic E-state index is 12.3. The number of thiophene rings is 1. The normalized spacial score (nSPS) is 11.2. The van der Waals surface area contributed by atoms with Gasteiger partial charge in [0.15, 0.2) is 0 Å². The van der Waals surface area contributed by atoms with Crippen molar-refractivity contribution in [1.29, 1.82) is 0 Å². The Bertz CT molecular complexity index is 774. The molecule has 0 radical (unpaired) electrons. The van der Waals surface area contributed by atoms with Crippen LogP contribution >= 0.6 is 11.3 Å². The molecule has 0 bridgehead atoms. The van der Waals surface area contributed by atoms with Crippen LogP contribution in [0.5, 0.6) is 0 Å². The Labute approximate surface area is 133 Å². The Kier molecular flexibility index (Phi) is 4.24.